The fourth-order valence-corrected chi connectivity index (χ4v) is 4.58. The van der Waals surface area contributed by atoms with Gasteiger partial charge in [0.15, 0.2) is 0 Å². The van der Waals surface area contributed by atoms with Crippen LogP contribution in [-0.4, -0.2) is 47.0 Å². The van der Waals surface area contributed by atoms with E-state index < -0.39 is 0 Å². The zero-order valence-electron chi connectivity index (χ0n) is 17.3. The monoisotopic (exact) mass is 405 g/mol. The molecule has 0 saturated carbocycles. The summed E-state index contributed by atoms with van der Waals surface area (Å²) in [6, 6.07) is 8.10. The molecule has 2 saturated heterocycles. The van der Waals surface area contributed by atoms with Crippen LogP contribution in [0.15, 0.2) is 36.7 Å². The number of hydrogen-bond acceptors (Lipinski definition) is 5. The number of anilines is 1. The maximum absolute atomic E-state index is 12.3. The zero-order valence-corrected chi connectivity index (χ0v) is 17.3. The number of nitrogens with zero attached hydrogens (tertiary/aromatic N) is 4. The number of carbonyl (C=O) groups excluding carboxylic acids is 1. The number of rotatable bonds is 5. The average molecular weight is 406 g/mol. The van der Waals surface area contributed by atoms with Crippen LogP contribution in [-0.2, 0) is 11.2 Å². The van der Waals surface area contributed by atoms with Gasteiger partial charge in [0.2, 0.25) is 5.91 Å². The van der Waals surface area contributed by atoms with Gasteiger partial charge in [0.25, 0.3) is 0 Å². The van der Waals surface area contributed by atoms with Crippen molar-refractivity contribution in [1.82, 2.24) is 19.7 Å². The number of fused-ring (bicyclic) bond motifs is 1. The Morgan fingerprint density at radius 3 is 3.00 bits per heavy atom. The molecule has 7 nitrogen and oxygen atoms in total. The number of imidazole rings is 1. The lowest BCUT2D eigenvalue weighted by Crippen LogP contribution is -2.31. The number of carbonyl (C=O) groups is 1. The Labute approximate surface area is 176 Å². The summed E-state index contributed by atoms with van der Waals surface area (Å²) in [6.45, 7) is 2.90. The summed E-state index contributed by atoms with van der Waals surface area (Å²) in [7, 11) is 1.63. The first-order chi connectivity index (χ1) is 14.7. The summed E-state index contributed by atoms with van der Waals surface area (Å²) in [5, 5.41) is 3.48. The summed E-state index contributed by atoms with van der Waals surface area (Å²) in [4.78, 5) is 23.7. The van der Waals surface area contributed by atoms with Crippen molar-refractivity contribution < 1.29 is 9.53 Å². The first kappa shape index (κ1) is 19.1. The van der Waals surface area contributed by atoms with E-state index in [0.717, 1.165) is 54.3 Å². The van der Waals surface area contributed by atoms with Crippen LogP contribution in [0.1, 0.15) is 31.4 Å². The Balaban J connectivity index is 1.51. The highest BCUT2D eigenvalue weighted by molar-refractivity contribution is 5.97. The van der Waals surface area contributed by atoms with Gasteiger partial charge in [0, 0.05) is 30.9 Å². The van der Waals surface area contributed by atoms with Crippen LogP contribution in [0.25, 0.3) is 17.0 Å². The second-order valence-electron chi connectivity index (χ2n) is 8.18. The molecule has 1 amide bonds. The summed E-state index contributed by atoms with van der Waals surface area (Å²) in [5.41, 5.74) is 4.49. The van der Waals surface area contributed by atoms with E-state index in [4.69, 9.17) is 9.72 Å². The number of pyridine rings is 2. The number of piperidine rings is 1. The third-order valence-corrected chi connectivity index (χ3v) is 6.14. The van der Waals surface area contributed by atoms with Crippen molar-refractivity contribution in [2.24, 2.45) is 5.92 Å². The Hall–Kier alpha value is -2.93. The molecule has 0 spiro atoms. The maximum Gasteiger partial charge on any atom is 0.227 e. The summed E-state index contributed by atoms with van der Waals surface area (Å²) in [5.74, 6) is 1.44. The molecule has 5 heterocycles. The lowest BCUT2D eigenvalue weighted by atomic mass is 9.94. The smallest absolute Gasteiger partial charge is 0.227 e. The molecule has 0 bridgehead atoms. The molecular formula is C23H27N5O2. The molecule has 0 aromatic carbocycles. The number of hydrogen-bond donors (Lipinski definition) is 1. The van der Waals surface area contributed by atoms with Gasteiger partial charge in [0.05, 0.1) is 24.7 Å². The van der Waals surface area contributed by atoms with Crippen molar-refractivity contribution in [2.75, 3.05) is 31.6 Å². The van der Waals surface area contributed by atoms with Crippen molar-refractivity contribution in [2.45, 2.75) is 32.1 Å². The Bertz CT molecular complexity index is 1070. The molecule has 2 fully saturated rings. The van der Waals surface area contributed by atoms with E-state index in [1.54, 1.807) is 7.11 Å². The van der Waals surface area contributed by atoms with Gasteiger partial charge in [-0.2, -0.15) is 0 Å². The molecule has 1 N–H and O–H groups in total. The molecule has 3 aromatic rings. The van der Waals surface area contributed by atoms with Crippen LogP contribution in [0.2, 0.25) is 0 Å². The molecule has 0 aliphatic carbocycles. The maximum atomic E-state index is 12.3. The minimum atomic E-state index is 0.135. The van der Waals surface area contributed by atoms with Gasteiger partial charge in [-0.3, -0.25) is 14.2 Å². The highest BCUT2D eigenvalue weighted by Gasteiger charge is 2.26. The molecule has 2 aliphatic heterocycles. The first-order valence-corrected chi connectivity index (χ1v) is 10.8. The van der Waals surface area contributed by atoms with Crippen LogP contribution in [0, 0.1) is 5.92 Å². The topological polar surface area (TPSA) is 71.8 Å². The van der Waals surface area contributed by atoms with E-state index in [0.29, 0.717) is 24.6 Å². The molecule has 0 radical (unpaired) electrons. The Morgan fingerprint density at radius 2 is 2.23 bits per heavy atom. The minimum absolute atomic E-state index is 0.135. The molecule has 5 rings (SSSR count). The molecule has 0 unspecified atom stereocenters. The van der Waals surface area contributed by atoms with Crippen LogP contribution in [0.5, 0.6) is 5.75 Å². The average Bonchev–Trinajstić information content (AvgIpc) is 3.39. The Morgan fingerprint density at radius 1 is 1.30 bits per heavy atom. The van der Waals surface area contributed by atoms with E-state index in [1.807, 2.05) is 33.8 Å². The van der Waals surface area contributed by atoms with Crippen LogP contribution >= 0.6 is 0 Å². The highest BCUT2D eigenvalue weighted by Crippen LogP contribution is 2.34. The predicted octanol–water partition coefficient (Wildman–Crippen LogP) is 3.07. The largest absolute Gasteiger partial charge is 0.494 e. The predicted molar refractivity (Wildman–Crippen MR) is 116 cm³/mol. The van der Waals surface area contributed by atoms with Crippen LogP contribution < -0.4 is 15.0 Å². The SMILES string of the molecule is COc1cc2ncc(-c3cccc(C[C@@H]4CCCNC4)n3)n2cc1N1CCCC1=O. The van der Waals surface area contributed by atoms with E-state index >= 15 is 0 Å². The summed E-state index contributed by atoms with van der Waals surface area (Å²) >= 11 is 0. The van der Waals surface area contributed by atoms with Gasteiger partial charge >= 0.3 is 0 Å². The molecule has 2 aliphatic rings. The fourth-order valence-electron chi connectivity index (χ4n) is 4.58. The van der Waals surface area contributed by atoms with Gasteiger partial charge in [-0.05, 0) is 56.8 Å². The number of aromatic nitrogens is 3. The highest BCUT2D eigenvalue weighted by atomic mass is 16.5. The minimum Gasteiger partial charge on any atom is -0.494 e. The van der Waals surface area contributed by atoms with Crippen molar-refractivity contribution in [3.8, 4) is 17.1 Å². The molecule has 156 valence electrons. The van der Waals surface area contributed by atoms with Crippen molar-refractivity contribution in [3.05, 3.63) is 42.4 Å². The van der Waals surface area contributed by atoms with E-state index in [-0.39, 0.29) is 5.91 Å². The number of methoxy groups -OCH3 is 1. The molecular weight excluding hydrogens is 378 g/mol. The van der Waals surface area contributed by atoms with Gasteiger partial charge in [-0.15, -0.1) is 0 Å². The lowest BCUT2D eigenvalue weighted by molar-refractivity contribution is -0.117. The molecule has 30 heavy (non-hydrogen) atoms. The van der Waals surface area contributed by atoms with Gasteiger partial charge in [0.1, 0.15) is 17.1 Å². The number of amides is 1. The van der Waals surface area contributed by atoms with Gasteiger partial charge in [-0.25, -0.2) is 4.98 Å². The zero-order chi connectivity index (χ0) is 20.5. The molecule has 3 aromatic heterocycles. The summed E-state index contributed by atoms with van der Waals surface area (Å²) < 4.78 is 7.58. The van der Waals surface area contributed by atoms with Crippen LogP contribution in [0.3, 0.4) is 0 Å². The van der Waals surface area contributed by atoms with E-state index in [2.05, 4.69) is 22.4 Å². The second-order valence-corrected chi connectivity index (χ2v) is 8.18. The van der Waals surface area contributed by atoms with Crippen molar-refractivity contribution in [1.29, 1.82) is 0 Å². The van der Waals surface area contributed by atoms with Gasteiger partial charge in [-0.1, -0.05) is 6.07 Å². The quantitative estimate of drug-likeness (QED) is 0.706. The van der Waals surface area contributed by atoms with E-state index in [1.165, 1.54) is 12.8 Å². The first-order valence-electron chi connectivity index (χ1n) is 10.8. The van der Waals surface area contributed by atoms with Crippen molar-refractivity contribution in [3.63, 3.8) is 0 Å². The second kappa shape index (κ2) is 8.07. The number of ether oxygens (including phenoxy) is 1. The molecule has 7 heteroatoms. The van der Waals surface area contributed by atoms with Crippen molar-refractivity contribution >= 4 is 17.2 Å². The van der Waals surface area contributed by atoms with Gasteiger partial charge < -0.3 is 15.0 Å². The lowest BCUT2D eigenvalue weighted by Gasteiger charge is -2.22. The molecule has 1 atom stereocenters. The van der Waals surface area contributed by atoms with E-state index in [9.17, 15) is 4.79 Å². The number of nitrogens with one attached hydrogen (secondary N) is 1. The van der Waals surface area contributed by atoms with Crippen LogP contribution in [0.4, 0.5) is 5.69 Å². The standard InChI is InChI=1S/C23H27N5O2/c1-30-21-12-22-25-14-19(28(22)15-20(21)27-10-4-8-23(27)29)18-7-2-6-17(26-18)11-16-5-3-9-24-13-16/h2,6-7,12,14-16,24H,3-5,8-11,13H2,1H3/t16-/m0/s1. The fraction of sp³-hybridized carbons (Fsp3) is 0.435. The normalized spacial score (nSPS) is 19.6. The summed E-state index contributed by atoms with van der Waals surface area (Å²) in [6.07, 6.45) is 8.73. The Kier molecular flexibility index (Phi) is 5.12. The third kappa shape index (κ3) is 3.54. The third-order valence-electron chi connectivity index (χ3n) is 6.14.